The van der Waals surface area contributed by atoms with Crippen LogP contribution in [0.15, 0.2) is 18.2 Å². The van der Waals surface area contributed by atoms with Crippen molar-refractivity contribution in [3.8, 4) is 28.8 Å². The molecule has 116 valence electrons. The summed E-state index contributed by atoms with van der Waals surface area (Å²) in [5, 5.41) is 13.4. The molecular weight excluding hydrogens is 294 g/mol. The first-order chi connectivity index (χ1) is 11.3. The van der Waals surface area contributed by atoms with Crippen molar-refractivity contribution < 1.29 is 14.3 Å². The molecule has 2 heterocycles. The van der Waals surface area contributed by atoms with Crippen LogP contribution in [0.5, 0.6) is 11.5 Å². The molecule has 0 amide bonds. The van der Waals surface area contributed by atoms with Gasteiger partial charge in [-0.15, -0.1) is 0 Å². The van der Waals surface area contributed by atoms with E-state index in [1.54, 1.807) is 0 Å². The highest BCUT2D eigenvalue weighted by molar-refractivity contribution is 6.03. The van der Waals surface area contributed by atoms with Gasteiger partial charge in [-0.1, -0.05) is 0 Å². The molecule has 0 unspecified atom stereocenters. The predicted octanol–water partition coefficient (Wildman–Crippen LogP) is 2.71. The Bertz CT molecular complexity index is 832. The Morgan fingerprint density at radius 2 is 2.13 bits per heavy atom. The maximum Gasteiger partial charge on any atom is 0.231 e. The zero-order valence-electron chi connectivity index (χ0n) is 12.5. The SMILES string of the molecule is N#CCCn1nc(-c2ccc3c(c2)OCO3)c2c1CCCC2=O. The third-order valence-corrected chi connectivity index (χ3v) is 4.24. The zero-order valence-corrected chi connectivity index (χ0v) is 12.5. The fraction of sp³-hybridized carbons (Fsp3) is 0.353. The molecule has 0 fully saturated rings. The number of ether oxygens (including phenoxy) is 2. The van der Waals surface area contributed by atoms with Gasteiger partial charge in [0.15, 0.2) is 17.3 Å². The predicted molar refractivity (Wildman–Crippen MR) is 81.3 cm³/mol. The second kappa shape index (κ2) is 5.43. The highest BCUT2D eigenvalue weighted by atomic mass is 16.7. The number of carbonyl (C=O) groups excluding carboxylic acids is 1. The molecule has 0 atom stereocenters. The van der Waals surface area contributed by atoms with Gasteiger partial charge in [-0.25, -0.2) is 0 Å². The van der Waals surface area contributed by atoms with Crippen molar-refractivity contribution in [2.45, 2.75) is 32.2 Å². The molecule has 0 bridgehead atoms. The normalized spacial score (nSPS) is 15.3. The van der Waals surface area contributed by atoms with Gasteiger partial charge < -0.3 is 9.47 Å². The Kier molecular flexibility index (Phi) is 3.27. The molecule has 0 saturated carbocycles. The number of hydrogen-bond donors (Lipinski definition) is 0. The maximum absolute atomic E-state index is 12.4. The van der Waals surface area contributed by atoms with E-state index in [4.69, 9.17) is 14.7 Å². The van der Waals surface area contributed by atoms with Crippen molar-refractivity contribution in [2.24, 2.45) is 0 Å². The molecule has 1 aromatic heterocycles. The summed E-state index contributed by atoms with van der Waals surface area (Å²) < 4.78 is 12.6. The monoisotopic (exact) mass is 309 g/mol. The van der Waals surface area contributed by atoms with Gasteiger partial charge in [0.25, 0.3) is 0 Å². The first kappa shape index (κ1) is 13.8. The quantitative estimate of drug-likeness (QED) is 0.871. The summed E-state index contributed by atoms with van der Waals surface area (Å²) in [6, 6.07) is 7.73. The fourth-order valence-corrected chi connectivity index (χ4v) is 3.17. The number of ketones is 1. The minimum atomic E-state index is 0.127. The number of aryl methyl sites for hydroxylation is 1. The lowest BCUT2D eigenvalue weighted by atomic mass is 9.92. The van der Waals surface area contributed by atoms with Gasteiger partial charge in [-0.2, -0.15) is 10.4 Å². The average molecular weight is 309 g/mol. The molecule has 0 radical (unpaired) electrons. The van der Waals surface area contributed by atoms with Crippen LogP contribution in [0.2, 0.25) is 0 Å². The molecule has 2 aliphatic rings. The second-order valence-corrected chi connectivity index (χ2v) is 5.65. The van der Waals surface area contributed by atoms with Crippen LogP contribution in [0.25, 0.3) is 11.3 Å². The van der Waals surface area contributed by atoms with Crippen LogP contribution in [0.1, 0.15) is 35.3 Å². The van der Waals surface area contributed by atoms with E-state index in [1.165, 1.54) is 0 Å². The minimum Gasteiger partial charge on any atom is -0.454 e. The first-order valence-electron chi connectivity index (χ1n) is 7.68. The molecule has 0 spiro atoms. The molecule has 2 aromatic rings. The number of nitriles is 1. The lowest BCUT2D eigenvalue weighted by molar-refractivity contribution is 0.0972. The topological polar surface area (TPSA) is 77.1 Å². The Balaban J connectivity index is 1.83. The Hall–Kier alpha value is -2.81. The van der Waals surface area contributed by atoms with Crippen LogP contribution in [0.3, 0.4) is 0 Å². The van der Waals surface area contributed by atoms with E-state index in [-0.39, 0.29) is 12.6 Å². The Labute approximate surface area is 133 Å². The van der Waals surface area contributed by atoms with Crippen LogP contribution < -0.4 is 9.47 Å². The standard InChI is InChI=1S/C17H15N3O3/c18-7-2-8-20-12-3-1-4-13(21)16(12)17(19-20)11-5-6-14-15(9-11)23-10-22-14/h5-6,9H,1-4,8,10H2. The summed E-state index contributed by atoms with van der Waals surface area (Å²) >= 11 is 0. The molecule has 6 nitrogen and oxygen atoms in total. The van der Waals surface area contributed by atoms with Crippen LogP contribution in [0.4, 0.5) is 0 Å². The first-order valence-corrected chi connectivity index (χ1v) is 7.68. The number of rotatable bonds is 3. The van der Waals surface area contributed by atoms with Crippen LogP contribution in [-0.2, 0) is 13.0 Å². The molecule has 23 heavy (non-hydrogen) atoms. The summed E-state index contributed by atoms with van der Waals surface area (Å²) in [5.74, 6) is 1.51. The number of hydrogen-bond acceptors (Lipinski definition) is 5. The summed E-state index contributed by atoms with van der Waals surface area (Å²) in [4.78, 5) is 12.4. The fourth-order valence-electron chi connectivity index (χ4n) is 3.17. The molecule has 0 N–H and O–H groups in total. The molecule has 0 saturated heterocycles. The van der Waals surface area contributed by atoms with E-state index >= 15 is 0 Å². The minimum absolute atomic E-state index is 0.127. The van der Waals surface area contributed by atoms with Crippen molar-refractivity contribution in [3.63, 3.8) is 0 Å². The molecular formula is C17H15N3O3. The van der Waals surface area contributed by atoms with Gasteiger partial charge >= 0.3 is 0 Å². The number of Topliss-reactive ketones (excluding diaryl/α,β-unsaturated/α-hetero) is 1. The summed E-state index contributed by atoms with van der Waals surface area (Å²) in [7, 11) is 0. The molecule has 1 aromatic carbocycles. The summed E-state index contributed by atoms with van der Waals surface area (Å²) in [6.45, 7) is 0.725. The van der Waals surface area contributed by atoms with Crippen molar-refractivity contribution in [1.82, 2.24) is 9.78 Å². The van der Waals surface area contributed by atoms with Gasteiger partial charge in [0.05, 0.1) is 24.6 Å². The number of aromatic nitrogens is 2. The Morgan fingerprint density at radius 1 is 1.26 bits per heavy atom. The van der Waals surface area contributed by atoms with Gasteiger partial charge in [0, 0.05) is 17.7 Å². The van der Waals surface area contributed by atoms with Gasteiger partial charge in [0.1, 0.15) is 5.69 Å². The number of fused-ring (bicyclic) bond motifs is 2. The maximum atomic E-state index is 12.4. The smallest absolute Gasteiger partial charge is 0.231 e. The van der Waals surface area contributed by atoms with E-state index < -0.39 is 0 Å². The van der Waals surface area contributed by atoms with E-state index in [0.717, 1.165) is 24.1 Å². The third-order valence-electron chi connectivity index (χ3n) is 4.24. The highest BCUT2D eigenvalue weighted by Crippen LogP contribution is 2.38. The molecule has 6 heteroatoms. The van der Waals surface area contributed by atoms with Gasteiger partial charge in [-0.05, 0) is 31.0 Å². The molecule has 1 aliphatic heterocycles. The van der Waals surface area contributed by atoms with Crippen LogP contribution in [-0.4, -0.2) is 22.4 Å². The molecule has 1 aliphatic carbocycles. The van der Waals surface area contributed by atoms with E-state index in [0.29, 0.717) is 42.1 Å². The van der Waals surface area contributed by atoms with Crippen LogP contribution >= 0.6 is 0 Å². The lowest BCUT2D eigenvalue weighted by Crippen LogP contribution is -2.14. The average Bonchev–Trinajstić information content (AvgIpc) is 3.17. The lowest BCUT2D eigenvalue weighted by Gasteiger charge is -2.12. The largest absolute Gasteiger partial charge is 0.454 e. The van der Waals surface area contributed by atoms with Crippen molar-refractivity contribution in [1.29, 1.82) is 5.26 Å². The van der Waals surface area contributed by atoms with E-state index in [2.05, 4.69) is 11.2 Å². The van der Waals surface area contributed by atoms with Crippen molar-refractivity contribution in [2.75, 3.05) is 6.79 Å². The summed E-state index contributed by atoms with van der Waals surface area (Å²) in [6.07, 6.45) is 2.59. The van der Waals surface area contributed by atoms with Crippen molar-refractivity contribution >= 4 is 5.78 Å². The molecule has 4 rings (SSSR count). The Morgan fingerprint density at radius 3 is 3.00 bits per heavy atom. The van der Waals surface area contributed by atoms with Gasteiger partial charge in [0.2, 0.25) is 6.79 Å². The van der Waals surface area contributed by atoms with Crippen molar-refractivity contribution in [3.05, 3.63) is 29.5 Å². The van der Waals surface area contributed by atoms with E-state index in [1.807, 2.05) is 22.9 Å². The van der Waals surface area contributed by atoms with Gasteiger partial charge in [-0.3, -0.25) is 9.48 Å². The third kappa shape index (κ3) is 2.25. The zero-order chi connectivity index (χ0) is 15.8. The highest BCUT2D eigenvalue weighted by Gasteiger charge is 2.28. The van der Waals surface area contributed by atoms with E-state index in [9.17, 15) is 4.79 Å². The number of benzene rings is 1. The second-order valence-electron chi connectivity index (χ2n) is 5.65. The number of nitrogens with zero attached hydrogens (tertiary/aromatic N) is 3. The summed E-state index contributed by atoms with van der Waals surface area (Å²) in [5.41, 5.74) is 3.18. The van der Waals surface area contributed by atoms with Crippen LogP contribution in [0, 0.1) is 11.3 Å². The number of carbonyl (C=O) groups is 1.